The zero-order valence-electron chi connectivity index (χ0n) is 13.8. The van der Waals surface area contributed by atoms with Crippen molar-refractivity contribution in [3.63, 3.8) is 0 Å². The van der Waals surface area contributed by atoms with Gasteiger partial charge in [-0.2, -0.15) is 0 Å². The topological polar surface area (TPSA) is 111 Å². The first-order valence-corrected chi connectivity index (χ1v) is 7.81. The molecule has 0 saturated heterocycles. The summed E-state index contributed by atoms with van der Waals surface area (Å²) in [5.74, 6) is -1.45. The van der Waals surface area contributed by atoms with E-state index in [2.05, 4.69) is 15.4 Å². The standard InChI is InChI=1S/C16H22ClN3O4/c1-9(2)13(15(22)24-3)20-16(23)19-12(14(18)21)8-10-6-4-5-7-11(10)17/h4-7,9,12-13H,8H2,1-3H3,(H2,18,21)(H2,19,20,23)/t12-,13?/m0/s1. The maximum absolute atomic E-state index is 12.1. The highest BCUT2D eigenvalue weighted by molar-refractivity contribution is 6.31. The second-order valence-electron chi connectivity index (χ2n) is 5.61. The average Bonchev–Trinajstić information content (AvgIpc) is 2.52. The van der Waals surface area contributed by atoms with Crippen molar-refractivity contribution in [3.8, 4) is 0 Å². The van der Waals surface area contributed by atoms with E-state index in [0.29, 0.717) is 10.6 Å². The van der Waals surface area contributed by atoms with E-state index >= 15 is 0 Å². The van der Waals surface area contributed by atoms with Gasteiger partial charge in [-0.05, 0) is 17.5 Å². The van der Waals surface area contributed by atoms with Crippen molar-refractivity contribution >= 4 is 29.5 Å². The van der Waals surface area contributed by atoms with Crippen molar-refractivity contribution in [2.45, 2.75) is 32.4 Å². The number of halogens is 1. The summed E-state index contributed by atoms with van der Waals surface area (Å²) in [5.41, 5.74) is 6.02. The van der Waals surface area contributed by atoms with Crippen LogP contribution in [0.1, 0.15) is 19.4 Å². The normalized spacial score (nSPS) is 13.0. The van der Waals surface area contributed by atoms with Crippen LogP contribution in [0.25, 0.3) is 0 Å². The van der Waals surface area contributed by atoms with Gasteiger partial charge in [0.1, 0.15) is 12.1 Å². The zero-order valence-corrected chi connectivity index (χ0v) is 14.6. The van der Waals surface area contributed by atoms with Gasteiger partial charge in [-0.1, -0.05) is 43.6 Å². The van der Waals surface area contributed by atoms with Crippen LogP contribution < -0.4 is 16.4 Å². The molecule has 0 spiro atoms. The monoisotopic (exact) mass is 355 g/mol. The number of rotatable bonds is 7. The van der Waals surface area contributed by atoms with Crippen molar-refractivity contribution in [3.05, 3.63) is 34.9 Å². The molecule has 0 aromatic heterocycles. The third kappa shape index (κ3) is 5.73. The molecule has 1 aromatic rings. The maximum atomic E-state index is 12.1. The molecule has 1 unspecified atom stereocenters. The Morgan fingerprint density at radius 2 is 1.83 bits per heavy atom. The molecule has 0 heterocycles. The Hall–Kier alpha value is -2.28. The quantitative estimate of drug-likeness (QED) is 0.639. The largest absolute Gasteiger partial charge is 0.467 e. The number of esters is 1. The molecule has 0 saturated carbocycles. The summed E-state index contributed by atoms with van der Waals surface area (Å²) in [6.45, 7) is 3.52. The minimum atomic E-state index is -0.963. The summed E-state index contributed by atoms with van der Waals surface area (Å²) in [6, 6.07) is 4.47. The number of ether oxygens (including phenoxy) is 1. The minimum absolute atomic E-state index is 0.146. The van der Waals surface area contributed by atoms with Crippen molar-refractivity contribution in [1.82, 2.24) is 10.6 Å². The van der Waals surface area contributed by atoms with Crippen molar-refractivity contribution in [2.24, 2.45) is 11.7 Å². The van der Waals surface area contributed by atoms with Gasteiger partial charge in [-0.15, -0.1) is 0 Å². The van der Waals surface area contributed by atoms with E-state index in [1.165, 1.54) is 7.11 Å². The van der Waals surface area contributed by atoms with Crippen LogP contribution >= 0.6 is 11.6 Å². The fraction of sp³-hybridized carbons (Fsp3) is 0.438. The Kier molecular flexibility index (Phi) is 7.51. The zero-order chi connectivity index (χ0) is 18.3. The molecule has 0 aliphatic rings. The van der Waals surface area contributed by atoms with E-state index in [-0.39, 0.29) is 12.3 Å². The molecule has 4 N–H and O–H groups in total. The number of carbonyl (C=O) groups is 3. The van der Waals surface area contributed by atoms with E-state index in [1.807, 2.05) is 0 Å². The number of carbonyl (C=O) groups excluding carboxylic acids is 3. The number of hydrogen-bond acceptors (Lipinski definition) is 4. The van der Waals surface area contributed by atoms with Crippen molar-refractivity contribution < 1.29 is 19.1 Å². The number of urea groups is 1. The first-order chi connectivity index (χ1) is 11.3. The third-order valence-electron chi connectivity index (χ3n) is 3.44. The predicted molar refractivity (Wildman–Crippen MR) is 90.4 cm³/mol. The van der Waals surface area contributed by atoms with Crippen LogP contribution in [0.4, 0.5) is 4.79 Å². The van der Waals surface area contributed by atoms with Crippen LogP contribution in [-0.2, 0) is 20.7 Å². The smallest absolute Gasteiger partial charge is 0.328 e. The van der Waals surface area contributed by atoms with Gasteiger partial charge < -0.3 is 21.1 Å². The maximum Gasteiger partial charge on any atom is 0.328 e. The summed E-state index contributed by atoms with van der Waals surface area (Å²) in [7, 11) is 1.24. The van der Waals surface area contributed by atoms with Crippen LogP contribution in [0, 0.1) is 5.92 Å². The minimum Gasteiger partial charge on any atom is -0.467 e. The summed E-state index contributed by atoms with van der Waals surface area (Å²) in [5, 5.41) is 5.43. The van der Waals surface area contributed by atoms with Gasteiger partial charge in [-0.25, -0.2) is 9.59 Å². The first kappa shape index (κ1) is 19.8. The Balaban J connectivity index is 2.78. The number of hydrogen-bond donors (Lipinski definition) is 3. The van der Waals surface area contributed by atoms with E-state index in [0.717, 1.165) is 0 Å². The molecular weight excluding hydrogens is 334 g/mol. The summed E-state index contributed by atoms with van der Waals surface area (Å²) < 4.78 is 4.65. The fourth-order valence-corrected chi connectivity index (χ4v) is 2.29. The number of nitrogens with two attached hydrogens (primary N) is 1. The van der Waals surface area contributed by atoms with Crippen LogP contribution in [0.3, 0.4) is 0 Å². The average molecular weight is 356 g/mol. The van der Waals surface area contributed by atoms with Gasteiger partial charge in [0.2, 0.25) is 5.91 Å². The lowest BCUT2D eigenvalue weighted by molar-refractivity contribution is -0.143. The molecule has 1 rings (SSSR count). The molecule has 0 aliphatic carbocycles. The number of primary amides is 1. The molecule has 8 heteroatoms. The van der Waals surface area contributed by atoms with Crippen molar-refractivity contribution in [1.29, 1.82) is 0 Å². The van der Waals surface area contributed by atoms with Crippen LogP contribution in [0.5, 0.6) is 0 Å². The second-order valence-corrected chi connectivity index (χ2v) is 6.02. The number of benzene rings is 1. The Morgan fingerprint density at radius 3 is 2.33 bits per heavy atom. The first-order valence-electron chi connectivity index (χ1n) is 7.43. The van der Waals surface area contributed by atoms with Gasteiger partial charge in [0.05, 0.1) is 7.11 Å². The summed E-state index contributed by atoms with van der Waals surface area (Å²) in [6.07, 6.45) is 0.146. The van der Waals surface area contributed by atoms with E-state index in [9.17, 15) is 14.4 Å². The van der Waals surface area contributed by atoms with Gasteiger partial charge in [0.15, 0.2) is 0 Å². The predicted octanol–water partition coefficient (Wildman–Crippen LogP) is 1.23. The molecule has 0 aliphatic heterocycles. The Labute approximate surface area is 145 Å². The third-order valence-corrected chi connectivity index (χ3v) is 3.81. The van der Waals surface area contributed by atoms with Crippen LogP contribution in [-0.4, -0.2) is 37.1 Å². The lowest BCUT2D eigenvalue weighted by Gasteiger charge is -2.22. The van der Waals surface area contributed by atoms with Gasteiger partial charge >= 0.3 is 12.0 Å². The molecule has 132 valence electrons. The number of amides is 3. The molecule has 0 bridgehead atoms. The molecule has 0 radical (unpaired) electrons. The molecule has 24 heavy (non-hydrogen) atoms. The lowest BCUT2D eigenvalue weighted by Crippen LogP contribution is -2.54. The summed E-state index contributed by atoms with van der Waals surface area (Å²) >= 11 is 6.05. The second kappa shape index (κ2) is 9.12. The number of nitrogens with one attached hydrogen (secondary N) is 2. The van der Waals surface area contributed by atoms with E-state index in [4.69, 9.17) is 17.3 Å². The number of methoxy groups -OCH3 is 1. The SMILES string of the molecule is COC(=O)C(NC(=O)N[C@@H](Cc1ccccc1Cl)C(N)=O)C(C)C. The van der Waals surface area contributed by atoms with Crippen LogP contribution in [0.15, 0.2) is 24.3 Å². The highest BCUT2D eigenvalue weighted by Gasteiger charge is 2.27. The molecular formula is C16H22ClN3O4. The lowest BCUT2D eigenvalue weighted by atomic mass is 10.0. The highest BCUT2D eigenvalue weighted by Crippen LogP contribution is 2.16. The van der Waals surface area contributed by atoms with E-state index < -0.39 is 30.0 Å². The van der Waals surface area contributed by atoms with Crippen LogP contribution in [0.2, 0.25) is 5.02 Å². The molecule has 3 amide bonds. The molecule has 1 aromatic carbocycles. The Bertz CT molecular complexity index is 607. The molecule has 2 atom stereocenters. The van der Waals surface area contributed by atoms with Crippen molar-refractivity contribution in [2.75, 3.05) is 7.11 Å². The fourth-order valence-electron chi connectivity index (χ4n) is 2.07. The van der Waals surface area contributed by atoms with Gasteiger partial charge in [0, 0.05) is 11.4 Å². The van der Waals surface area contributed by atoms with E-state index in [1.54, 1.807) is 38.1 Å². The molecule has 0 fully saturated rings. The van der Waals surface area contributed by atoms with Gasteiger partial charge in [0.25, 0.3) is 0 Å². The summed E-state index contributed by atoms with van der Waals surface area (Å²) in [4.78, 5) is 35.4. The highest BCUT2D eigenvalue weighted by atomic mass is 35.5. The Morgan fingerprint density at radius 1 is 1.21 bits per heavy atom. The van der Waals surface area contributed by atoms with Gasteiger partial charge in [-0.3, -0.25) is 4.79 Å². The molecule has 7 nitrogen and oxygen atoms in total.